The zero-order chi connectivity index (χ0) is 13.2. The minimum Gasteiger partial charge on any atom is -0.341 e. The van der Waals surface area contributed by atoms with Crippen LogP contribution < -0.4 is 0 Å². The third-order valence-corrected chi connectivity index (χ3v) is 2.87. The molecule has 0 aliphatic carbocycles. The number of fused-ring (bicyclic) bond motifs is 1. The number of H-pyrrole nitrogens is 2. The van der Waals surface area contributed by atoms with E-state index in [1.807, 2.05) is 24.3 Å². The Morgan fingerprint density at radius 3 is 2.95 bits per heavy atom. The third kappa shape index (κ3) is 2.20. The number of carbonyl (C=O) groups is 1. The number of para-hydroxylation sites is 2. The van der Waals surface area contributed by atoms with Gasteiger partial charge in [0.15, 0.2) is 5.82 Å². The maximum absolute atomic E-state index is 12.0. The van der Waals surface area contributed by atoms with Crippen molar-refractivity contribution in [2.45, 2.75) is 6.54 Å². The molecule has 19 heavy (non-hydrogen) atoms. The van der Waals surface area contributed by atoms with Gasteiger partial charge in [-0.3, -0.25) is 4.79 Å². The van der Waals surface area contributed by atoms with Gasteiger partial charge in [-0.2, -0.15) is 0 Å². The predicted molar refractivity (Wildman–Crippen MR) is 70.5 cm³/mol. The molecular formula is C13H13N5O. The van der Waals surface area contributed by atoms with E-state index in [2.05, 4.69) is 19.9 Å². The number of carbonyl (C=O) groups excluding carboxylic acids is 1. The molecule has 0 unspecified atom stereocenters. The molecule has 96 valence electrons. The fourth-order valence-electron chi connectivity index (χ4n) is 1.94. The fourth-order valence-corrected chi connectivity index (χ4v) is 1.94. The van der Waals surface area contributed by atoms with E-state index in [1.54, 1.807) is 24.3 Å². The summed E-state index contributed by atoms with van der Waals surface area (Å²) in [6.45, 7) is 0.411. The molecule has 6 nitrogen and oxygen atoms in total. The Hall–Kier alpha value is -2.63. The molecule has 0 spiro atoms. The fraction of sp³-hybridized carbons (Fsp3) is 0.154. The van der Waals surface area contributed by atoms with Crippen LogP contribution in [0, 0.1) is 0 Å². The second-order valence-electron chi connectivity index (χ2n) is 4.30. The largest absolute Gasteiger partial charge is 0.341 e. The molecule has 1 amide bonds. The molecule has 6 heteroatoms. The van der Waals surface area contributed by atoms with Crippen LogP contribution in [0.5, 0.6) is 0 Å². The van der Waals surface area contributed by atoms with E-state index >= 15 is 0 Å². The summed E-state index contributed by atoms with van der Waals surface area (Å²) in [5.74, 6) is 0.924. The summed E-state index contributed by atoms with van der Waals surface area (Å²) in [6.07, 6.45) is 3.19. The summed E-state index contributed by atoms with van der Waals surface area (Å²) in [6, 6.07) is 7.77. The second kappa shape index (κ2) is 4.56. The van der Waals surface area contributed by atoms with Crippen LogP contribution in [0.15, 0.2) is 36.7 Å². The smallest absolute Gasteiger partial charge is 0.289 e. The highest BCUT2D eigenvalue weighted by atomic mass is 16.2. The van der Waals surface area contributed by atoms with Crippen LogP contribution in [0.4, 0.5) is 0 Å². The molecule has 0 saturated heterocycles. The van der Waals surface area contributed by atoms with Crippen LogP contribution >= 0.6 is 0 Å². The lowest BCUT2D eigenvalue weighted by molar-refractivity contribution is 0.0771. The molecule has 2 N–H and O–H groups in total. The summed E-state index contributed by atoms with van der Waals surface area (Å²) < 4.78 is 0. The lowest BCUT2D eigenvalue weighted by Gasteiger charge is -2.13. The van der Waals surface area contributed by atoms with Crippen molar-refractivity contribution in [2.24, 2.45) is 0 Å². The third-order valence-electron chi connectivity index (χ3n) is 2.87. The van der Waals surface area contributed by atoms with E-state index < -0.39 is 0 Å². The highest BCUT2D eigenvalue weighted by molar-refractivity contribution is 5.90. The minimum atomic E-state index is -0.162. The SMILES string of the molecule is CN(Cc1nc2ccccc2[nH]1)C(=O)c1ncc[nH]1. The topological polar surface area (TPSA) is 77.7 Å². The number of hydrogen-bond donors (Lipinski definition) is 2. The maximum Gasteiger partial charge on any atom is 0.289 e. The molecule has 3 rings (SSSR count). The van der Waals surface area contributed by atoms with Gasteiger partial charge < -0.3 is 14.9 Å². The first kappa shape index (κ1) is 11.5. The van der Waals surface area contributed by atoms with E-state index in [9.17, 15) is 4.79 Å². The molecule has 0 aliphatic rings. The van der Waals surface area contributed by atoms with Gasteiger partial charge in [-0.25, -0.2) is 9.97 Å². The van der Waals surface area contributed by atoms with Gasteiger partial charge in [0, 0.05) is 19.4 Å². The Balaban J connectivity index is 1.79. The number of imidazole rings is 2. The molecule has 0 bridgehead atoms. The highest BCUT2D eigenvalue weighted by Gasteiger charge is 2.15. The molecule has 0 saturated carbocycles. The predicted octanol–water partition coefficient (Wildman–Crippen LogP) is 1.56. The maximum atomic E-state index is 12.0. The first-order valence-electron chi connectivity index (χ1n) is 5.92. The van der Waals surface area contributed by atoms with Crippen LogP contribution in [0.25, 0.3) is 11.0 Å². The van der Waals surface area contributed by atoms with E-state index in [0.717, 1.165) is 16.9 Å². The summed E-state index contributed by atoms with van der Waals surface area (Å²) in [5.41, 5.74) is 1.87. The normalized spacial score (nSPS) is 10.8. The Kier molecular flexibility index (Phi) is 2.75. The molecule has 1 aromatic carbocycles. The Morgan fingerprint density at radius 1 is 1.37 bits per heavy atom. The monoisotopic (exact) mass is 255 g/mol. The van der Waals surface area contributed by atoms with Crippen molar-refractivity contribution in [3.63, 3.8) is 0 Å². The number of benzene rings is 1. The molecule has 3 aromatic rings. The van der Waals surface area contributed by atoms with Gasteiger partial charge in [-0.15, -0.1) is 0 Å². The summed E-state index contributed by atoms with van der Waals surface area (Å²) in [4.78, 5) is 28.0. The summed E-state index contributed by atoms with van der Waals surface area (Å²) >= 11 is 0. The Bertz CT molecular complexity index is 668. The molecular weight excluding hydrogens is 242 g/mol. The standard InChI is InChI=1S/C13H13N5O/c1-18(13(19)12-14-6-7-15-12)8-11-16-9-4-2-3-5-10(9)17-11/h2-7H,8H2,1H3,(H,14,15)(H,16,17). The average Bonchev–Trinajstić information content (AvgIpc) is 3.06. The number of hydrogen-bond acceptors (Lipinski definition) is 3. The van der Waals surface area contributed by atoms with Crippen molar-refractivity contribution >= 4 is 16.9 Å². The first-order valence-corrected chi connectivity index (χ1v) is 5.92. The van der Waals surface area contributed by atoms with Gasteiger partial charge in [0.05, 0.1) is 17.6 Å². The lowest BCUT2D eigenvalue weighted by Crippen LogP contribution is -2.27. The van der Waals surface area contributed by atoms with Gasteiger partial charge >= 0.3 is 0 Å². The van der Waals surface area contributed by atoms with Crippen LogP contribution in [0.1, 0.15) is 16.4 Å². The van der Waals surface area contributed by atoms with Gasteiger partial charge in [0.1, 0.15) is 5.82 Å². The molecule has 0 aliphatic heterocycles. The molecule has 0 atom stereocenters. The molecule has 0 fully saturated rings. The zero-order valence-corrected chi connectivity index (χ0v) is 10.4. The number of rotatable bonds is 3. The number of nitrogens with zero attached hydrogens (tertiary/aromatic N) is 3. The van der Waals surface area contributed by atoms with Crippen molar-refractivity contribution in [2.75, 3.05) is 7.05 Å². The summed E-state index contributed by atoms with van der Waals surface area (Å²) in [5, 5.41) is 0. The highest BCUT2D eigenvalue weighted by Crippen LogP contribution is 2.11. The first-order chi connectivity index (χ1) is 9.24. The van der Waals surface area contributed by atoms with Gasteiger partial charge in [-0.05, 0) is 12.1 Å². The number of nitrogens with one attached hydrogen (secondary N) is 2. The van der Waals surface area contributed by atoms with Crippen LogP contribution in [-0.4, -0.2) is 37.8 Å². The quantitative estimate of drug-likeness (QED) is 0.745. The van der Waals surface area contributed by atoms with Gasteiger partial charge in [0.2, 0.25) is 0 Å². The van der Waals surface area contributed by atoms with Crippen molar-refractivity contribution < 1.29 is 4.79 Å². The van der Waals surface area contributed by atoms with Crippen LogP contribution in [0.3, 0.4) is 0 Å². The minimum absolute atomic E-state index is 0.162. The number of aromatic nitrogens is 4. The number of amides is 1. The van der Waals surface area contributed by atoms with E-state index in [-0.39, 0.29) is 5.91 Å². The van der Waals surface area contributed by atoms with E-state index in [1.165, 1.54) is 0 Å². The Labute approximate surface area is 109 Å². The summed E-state index contributed by atoms with van der Waals surface area (Å²) in [7, 11) is 1.72. The average molecular weight is 255 g/mol. The number of aromatic amines is 2. The van der Waals surface area contributed by atoms with Gasteiger partial charge in [0.25, 0.3) is 5.91 Å². The second-order valence-corrected chi connectivity index (χ2v) is 4.30. The molecule has 0 radical (unpaired) electrons. The zero-order valence-electron chi connectivity index (χ0n) is 10.4. The van der Waals surface area contributed by atoms with Crippen molar-refractivity contribution in [3.8, 4) is 0 Å². The molecule has 2 aromatic heterocycles. The Morgan fingerprint density at radius 2 is 2.21 bits per heavy atom. The van der Waals surface area contributed by atoms with Crippen molar-refractivity contribution in [1.29, 1.82) is 0 Å². The van der Waals surface area contributed by atoms with Crippen molar-refractivity contribution in [3.05, 3.63) is 48.3 Å². The van der Waals surface area contributed by atoms with Gasteiger partial charge in [-0.1, -0.05) is 12.1 Å². The van der Waals surface area contributed by atoms with Crippen LogP contribution in [0.2, 0.25) is 0 Å². The van der Waals surface area contributed by atoms with Crippen LogP contribution in [-0.2, 0) is 6.54 Å². The molecule has 2 heterocycles. The van der Waals surface area contributed by atoms with Crippen molar-refractivity contribution in [1.82, 2.24) is 24.8 Å². The van der Waals surface area contributed by atoms with E-state index in [4.69, 9.17) is 0 Å². The van der Waals surface area contributed by atoms with E-state index in [0.29, 0.717) is 12.4 Å². The lowest BCUT2D eigenvalue weighted by atomic mass is 10.3.